The number of carbonyl (C=O) groups excluding carboxylic acids is 2. The fraction of sp³-hybridized carbons (Fsp3) is 0.385. The van der Waals surface area contributed by atoms with Gasteiger partial charge in [0.2, 0.25) is 0 Å². The zero-order chi connectivity index (χ0) is 13.5. The quantitative estimate of drug-likeness (QED) is 0.448. The fourth-order valence-corrected chi connectivity index (χ4v) is 1.86. The molecule has 0 radical (unpaired) electrons. The lowest BCUT2D eigenvalue weighted by Gasteiger charge is -2.12. The molecule has 0 aromatic heterocycles. The summed E-state index contributed by atoms with van der Waals surface area (Å²) in [5.74, 6) is -0.253. The Balaban J connectivity index is 2.82. The Morgan fingerprint density at radius 3 is 2.72 bits per heavy atom. The molecule has 1 aromatic rings. The lowest BCUT2D eigenvalue weighted by molar-refractivity contribution is 0.0950. The highest BCUT2D eigenvalue weighted by molar-refractivity contribution is 6.31. The molecule has 1 atom stereocenters. The molecule has 0 saturated heterocycles. The van der Waals surface area contributed by atoms with Gasteiger partial charge in [0.25, 0.3) is 0 Å². The van der Waals surface area contributed by atoms with Crippen molar-refractivity contribution in [3.8, 4) is 0 Å². The van der Waals surface area contributed by atoms with Gasteiger partial charge in [-0.3, -0.25) is 9.59 Å². The highest BCUT2D eigenvalue weighted by atomic mass is 35.5. The molecule has 1 aromatic carbocycles. The Bertz CT molecular complexity index is 435. The van der Waals surface area contributed by atoms with Crippen molar-refractivity contribution in [2.75, 3.05) is 6.54 Å². The maximum absolute atomic E-state index is 12.1. The molecule has 1 rings (SSSR count). The third-order valence-electron chi connectivity index (χ3n) is 2.71. The molecule has 0 fully saturated rings. The summed E-state index contributed by atoms with van der Waals surface area (Å²) in [7, 11) is 0. The van der Waals surface area contributed by atoms with Crippen molar-refractivity contribution in [1.29, 1.82) is 0 Å². The molecule has 0 aliphatic heterocycles. The number of aldehydes is 1. The number of nitrogens with two attached hydrogens (primary N) is 2. The minimum atomic E-state index is -0.617. The van der Waals surface area contributed by atoms with Crippen LogP contribution in [0.5, 0.6) is 0 Å². The van der Waals surface area contributed by atoms with Crippen molar-refractivity contribution in [3.05, 3.63) is 34.3 Å². The number of rotatable bonds is 7. The Hall–Kier alpha value is -1.23. The number of Topliss-reactive ketones (excluding diaryl/α,β-unsaturated/α-hetero) is 1. The standard InChI is InChI=1S/C13H17ClN2O2/c14-10-5-4-9(8-17)11(7-10)13(18)12(16)3-1-2-6-15/h4-5,7-8,12H,1-3,6,15-16H2/t12-/m1/s1. The lowest BCUT2D eigenvalue weighted by Crippen LogP contribution is -2.31. The van der Waals surface area contributed by atoms with Crippen LogP contribution in [0.2, 0.25) is 5.02 Å². The average Bonchev–Trinajstić information content (AvgIpc) is 2.38. The average molecular weight is 269 g/mol. The van der Waals surface area contributed by atoms with Crippen LogP contribution in [0.4, 0.5) is 0 Å². The van der Waals surface area contributed by atoms with E-state index in [4.69, 9.17) is 23.1 Å². The third kappa shape index (κ3) is 3.91. The van der Waals surface area contributed by atoms with Crippen molar-refractivity contribution in [2.45, 2.75) is 25.3 Å². The monoisotopic (exact) mass is 268 g/mol. The summed E-state index contributed by atoms with van der Waals surface area (Å²) < 4.78 is 0. The van der Waals surface area contributed by atoms with Gasteiger partial charge in [-0.1, -0.05) is 18.0 Å². The predicted octanol–water partition coefficient (Wildman–Crippen LogP) is 1.79. The largest absolute Gasteiger partial charge is 0.330 e. The first-order valence-corrected chi connectivity index (χ1v) is 6.22. The van der Waals surface area contributed by atoms with Gasteiger partial charge in [0.05, 0.1) is 6.04 Å². The lowest BCUT2D eigenvalue weighted by atomic mass is 9.96. The van der Waals surface area contributed by atoms with Gasteiger partial charge in [0.15, 0.2) is 12.1 Å². The van der Waals surface area contributed by atoms with Crippen molar-refractivity contribution >= 4 is 23.7 Å². The number of halogens is 1. The van der Waals surface area contributed by atoms with Crippen LogP contribution in [0.1, 0.15) is 40.0 Å². The van der Waals surface area contributed by atoms with E-state index in [1.807, 2.05) is 0 Å². The number of hydrogen-bond acceptors (Lipinski definition) is 4. The van der Waals surface area contributed by atoms with E-state index in [0.717, 1.165) is 12.8 Å². The summed E-state index contributed by atoms with van der Waals surface area (Å²) in [5.41, 5.74) is 11.8. The van der Waals surface area contributed by atoms with E-state index >= 15 is 0 Å². The summed E-state index contributed by atoms with van der Waals surface area (Å²) in [5, 5.41) is 0.415. The minimum absolute atomic E-state index is 0.253. The Morgan fingerprint density at radius 2 is 2.11 bits per heavy atom. The molecule has 4 nitrogen and oxygen atoms in total. The first-order chi connectivity index (χ1) is 8.60. The predicted molar refractivity (Wildman–Crippen MR) is 72.1 cm³/mol. The number of carbonyl (C=O) groups is 2. The van der Waals surface area contributed by atoms with Crippen LogP contribution in [0.3, 0.4) is 0 Å². The maximum Gasteiger partial charge on any atom is 0.180 e. The molecule has 0 amide bonds. The molecule has 0 heterocycles. The maximum atomic E-state index is 12.1. The molecular weight excluding hydrogens is 252 g/mol. The summed E-state index contributed by atoms with van der Waals surface area (Å²) >= 11 is 5.82. The molecule has 5 heteroatoms. The molecule has 0 saturated carbocycles. The number of benzene rings is 1. The van der Waals surface area contributed by atoms with Gasteiger partial charge in [-0.05, 0) is 37.6 Å². The molecule has 0 unspecified atom stereocenters. The van der Waals surface area contributed by atoms with Crippen molar-refractivity contribution in [2.24, 2.45) is 11.5 Å². The van der Waals surface area contributed by atoms with Crippen LogP contribution in [-0.2, 0) is 0 Å². The van der Waals surface area contributed by atoms with Gasteiger partial charge < -0.3 is 11.5 Å². The van der Waals surface area contributed by atoms with Crippen molar-refractivity contribution in [1.82, 2.24) is 0 Å². The minimum Gasteiger partial charge on any atom is -0.330 e. The van der Waals surface area contributed by atoms with E-state index in [2.05, 4.69) is 0 Å². The first kappa shape index (κ1) is 14.8. The second-order valence-electron chi connectivity index (χ2n) is 4.10. The van der Waals surface area contributed by atoms with E-state index in [0.29, 0.717) is 29.8 Å². The van der Waals surface area contributed by atoms with Crippen LogP contribution < -0.4 is 11.5 Å². The number of ketones is 1. The van der Waals surface area contributed by atoms with Crippen molar-refractivity contribution in [3.63, 3.8) is 0 Å². The summed E-state index contributed by atoms with van der Waals surface area (Å²) in [6.45, 7) is 0.581. The fourth-order valence-electron chi connectivity index (χ4n) is 1.68. The molecule has 18 heavy (non-hydrogen) atoms. The highest BCUT2D eigenvalue weighted by Gasteiger charge is 2.18. The van der Waals surface area contributed by atoms with E-state index in [1.165, 1.54) is 12.1 Å². The Morgan fingerprint density at radius 1 is 1.39 bits per heavy atom. The molecule has 0 aliphatic rings. The van der Waals surface area contributed by atoms with Gasteiger partial charge in [0, 0.05) is 16.1 Å². The summed E-state index contributed by atoms with van der Waals surface area (Å²) in [6.07, 6.45) is 2.81. The van der Waals surface area contributed by atoms with Crippen LogP contribution in [-0.4, -0.2) is 24.7 Å². The van der Waals surface area contributed by atoms with Gasteiger partial charge in [-0.25, -0.2) is 0 Å². The SMILES string of the molecule is NCCCC[C@@H](N)C(=O)c1cc(Cl)ccc1C=O. The summed E-state index contributed by atoms with van der Waals surface area (Å²) in [6, 6.07) is 3.96. The first-order valence-electron chi connectivity index (χ1n) is 5.84. The van der Waals surface area contributed by atoms with E-state index in [9.17, 15) is 9.59 Å². The molecular formula is C13H17ClN2O2. The Kier molecular flexibility index (Phi) is 5.98. The zero-order valence-corrected chi connectivity index (χ0v) is 10.8. The van der Waals surface area contributed by atoms with E-state index in [1.54, 1.807) is 6.07 Å². The van der Waals surface area contributed by atoms with Gasteiger partial charge in [-0.15, -0.1) is 0 Å². The van der Waals surface area contributed by atoms with Gasteiger partial charge in [-0.2, -0.15) is 0 Å². The van der Waals surface area contributed by atoms with Gasteiger partial charge >= 0.3 is 0 Å². The normalized spacial score (nSPS) is 12.2. The van der Waals surface area contributed by atoms with Crippen molar-refractivity contribution < 1.29 is 9.59 Å². The number of unbranched alkanes of at least 4 members (excludes halogenated alkanes) is 1. The van der Waals surface area contributed by atoms with Gasteiger partial charge in [0.1, 0.15) is 0 Å². The topological polar surface area (TPSA) is 86.2 Å². The molecule has 0 aliphatic carbocycles. The zero-order valence-electron chi connectivity index (χ0n) is 10.1. The van der Waals surface area contributed by atoms with Crippen LogP contribution in [0.25, 0.3) is 0 Å². The van der Waals surface area contributed by atoms with Crippen LogP contribution >= 0.6 is 11.6 Å². The smallest absolute Gasteiger partial charge is 0.180 e. The molecule has 4 N–H and O–H groups in total. The Labute approximate surface area is 111 Å². The molecule has 98 valence electrons. The highest BCUT2D eigenvalue weighted by Crippen LogP contribution is 2.17. The van der Waals surface area contributed by atoms with E-state index < -0.39 is 6.04 Å². The van der Waals surface area contributed by atoms with Crippen LogP contribution in [0, 0.1) is 0 Å². The third-order valence-corrected chi connectivity index (χ3v) is 2.95. The number of hydrogen-bond donors (Lipinski definition) is 2. The molecule has 0 bridgehead atoms. The summed E-state index contributed by atoms with van der Waals surface area (Å²) in [4.78, 5) is 23.0. The van der Waals surface area contributed by atoms with E-state index in [-0.39, 0.29) is 11.3 Å². The second kappa shape index (κ2) is 7.26. The second-order valence-corrected chi connectivity index (χ2v) is 4.54. The van der Waals surface area contributed by atoms with Crippen LogP contribution in [0.15, 0.2) is 18.2 Å². The molecule has 0 spiro atoms.